The Bertz CT molecular complexity index is 659. The minimum atomic E-state index is 0.0504. The summed E-state index contributed by atoms with van der Waals surface area (Å²) in [5, 5.41) is 3.16. The molecular formula is C15H13N2O+. The van der Waals surface area contributed by atoms with E-state index >= 15 is 0 Å². The largest absolute Gasteiger partial charge is 0.352 e. The highest BCUT2D eigenvalue weighted by molar-refractivity contribution is 6.20. The van der Waals surface area contributed by atoms with Gasteiger partial charge in [0.05, 0.1) is 5.70 Å². The molecule has 0 amide bonds. The Hall–Kier alpha value is -2.42. The van der Waals surface area contributed by atoms with Crippen molar-refractivity contribution in [3.8, 4) is 0 Å². The van der Waals surface area contributed by atoms with Crippen LogP contribution in [0.3, 0.4) is 0 Å². The molecule has 1 N–H and O–H groups in total. The van der Waals surface area contributed by atoms with Gasteiger partial charge in [-0.15, -0.1) is 0 Å². The number of aromatic nitrogens is 1. The topological polar surface area (TPSA) is 33.0 Å². The number of ketones is 1. The number of carbonyl (C=O) groups excluding carboxylic acids is 1. The number of anilines is 1. The average Bonchev–Trinajstić information content (AvgIpc) is 2.70. The third kappa shape index (κ3) is 1.70. The van der Waals surface area contributed by atoms with Crippen molar-refractivity contribution in [3.63, 3.8) is 0 Å². The first-order valence-corrected chi connectivity index (χ1v) is 5.83. The number of hydrogen-bond acceptors (Lipinski definition) is 2. The highest BCUT2D eigenvalue weighted by Crippen LogP contribution is 2.27. The molecule has 0 unspecified atom stereocenters. The maximum Gasteiger partial charge on any atom is 0.211 e. The van der Waals surface area contributed by atoms with Gasteiger partial charge in [0, 0.05) is 29.5 Å². The monoisotopic (exact) mass is 237 g/mol. The molecule has 1 aliphatic heterocycles. The molecule has 0 radical (unpaired) electrons. The van der Waals surface area contributed by atoms with Crippen molar-refractivity contribution in [2.24, 2.45) is 7.05 Å². The third-order valence-electron chi connectivity index (χ3n) is 3.07. The molecule has 1 aliphatic rings. The predicted molar refractivity (Wildman–Crippen MR) is 70.0 cm³/mol. The molecule has 0 aliphatic carbocycles. The molecule has 0 bridgehead atoms. The Balaban J connectivity index is 2.02. The van der Waals surface area contributed by atoms with E-state index in [1.54, 1.807) is 0 Å². The van der Waals surface area contributed by atoms with Gasteiger partial charge < -0.3 is 5.32 Å². The van der Waals surface area contributed by atoms with Gasteiger partial charge >= 0.3 is 0 Å². The zero-order chi connectivity index (χ0) is 12.5. The summed E-state index contributed by atoms with van der Waals surface area (Å²) in [6, 6.07) is 13.5. The van der Waals surface area contributed by atoms with Crippen LogP contribution in [0.2, 0.25) is 0 Å². The van der Waals surface area contributed by atoms with Gasteiger partial charge in [-0.3, -0.25) is 4.79 Å². The standard InChI is InChI=1S/C15H12N2O/c1-17-9-5-4-6-11(17)10-14-15(18)12-7-2-3-8-13(12)16-14/h2-10H,1H3/p+1. The van der Waals surface area contributed by atoms with Crippen molar-refractivity contribution < 1.29 is 9.36 Å². The number of aryl methyl sites for hydroxylation is 1. The molecule has 0 atom stereocenters. The number of Topliss-reactive ketones (excluding diaryl/α,β-unsaturated/α-hetero) is 1. The van der Waals surface area contributed by atoms with Crippen molar-refractivity contribution in [2.45, 2.75) is 0 Å². The summed E-state index contributed by atoms with van der Waals surface area (Å²) in [6.45, 7) is 0. The van der Waals surface area contributed by atoms with E-state index in [1.807, 2.05) is 66.4 Å². The Morgan fingerprint density at radius 3 is 2.67 bits per heavy atom. The van der Waals surface area contributed by atoms with Crippen LogP contribution in [0.25, 0.3) is 6.08 Å². The van der Waals surface area contributed by atoms with Gasteiger partial charge in [0.2, 0.25) is 11.5 Å². The molecule has 3 heteroatoms. The van der Waals surface area contributed by atoms with Crippen molar-refractivity contribution in [1.82, 2.24) is 0 Å². The van der Waals surface area contributed by atoms with Crippen LogP contribution in [0.15, 0.2) is 54.4 Å². The molecule has 1 aromatic carbocycles. The van der Waals surface area contributed by atoms with Crippen LogP contribution in [0, 0.1) is 0 Å². The molecule has 0 fully saturated rings. The summed E-state index contributed by atoms with van der Waals surface area (Å²) in [5.74, 6) is 0.0504. The van der Waals surface area contributed by atoms with Crippen LogP contribution < -0.4 is 9.88 Å². The fraction of sp³-hybridized carbons (Fsp3) is 0.0667. The van der Waals surface area contributed by atoms with Crippen LogP contribution in [-0.4, -0.2) is 5.78 Å². The van der Waals surface area contributed by atoms with Crippen LogP contribution in [0.5, 0.6) is 0 Å². The molecule has 0 saturated carbocycles. The molecule has 1 aromatic heterocycles. The molecule has 2 heterocycles. The van der Waals surface area contributed by atoms with E-state index in [0.29, 0.717) is 5.70 Å². The Kier molecular flexibility index (Phi) is 2.45. The molecule has 0 saturated heterocycles. The first-order valence-electron chi connectivity index (χ1n) is 5.83. The fourth-order valence-electron chi connectivity index (χ4n) is 2.07. The molecule has 18 heavy (non-hydrogen) atoms. The fourth-order valence-corrected chi connectivity index (χ4v) is 2.07. The van der Waals surface area contributed by atoms with Crippen molar-refractivity contribution >= 4 is 17.5 Å². The zero-order valence-electron chi connectivity index (χ0n) is 10.1. The summed E-state index contributed by atoms with van der Waals surface area (Å²) in [4.78, 5) is 12.2. The van der Waals surface area contributed by atoms with E-state index in [0.717, 1.165) is 16.9 Å². The number of fused-ring (bicyclic) bond motifs is 1. The first-order chi connectivity index (χ1) is 8.75. The number of nitrogens with zero attached hydrogens (tertiary/aromatic N) is 1. The van der Waals surface area contributed by atoms with E-state index < -0.39 is 0 Å². The lowest BCUT2D eigenvalue weighted by atomic mass is 10.1. The highest BCUT2D eigenvalue weighted by atomic mass is 16.1. The first kappa shape index (κ1) is 10.7. The maximum atomic E-state index is 12.2. The summed E-state index contributed by atoms with van der Waals surface area (Å²) in [5.41, 5.74) is 3.23. The summed E-state index contributed by atoms with van der Waals surface area (Å²) >= 11 is 0. The molecule has 2 aromatic rings. The van der Waals surface area contributed by atoms with Gasteiger partial charge in [0.1, 0.15) is 7.05 Å². The lowest BCUT2D eigenvalue weighted by Gasteiger charge is -1.97. The van der Waals surface area contributed by atoms with E-state index in [4.69, 9.17) is 0 Å². The molecule has 3 nitrogen and oxygen atoms in total. The van der Waals surface area contributed by atoms with Gasteiger partial charge in [-0.25, -0.2) is 4.57 Å². The molecule has 0 spiro atoms. The molecular weight excluding hydrogens is 224 g/mol. The van der Waals surface area contributed by atoms with Gasteiger partial charge in [0.25, 0.3) is 0 Å². The van der Waals surface area contributed by atoms with Crippen molar-refractivity contribution in [1.29, 1.82) is 0 Å². The van der Waals surface area contributed by atoms with E-state index in [1.165, 1.54) is 0 Å². The van der Waals surface area contributed by atoms with Gasteiger partial charge in [-0.2, -0.15) is 0 Å². The van der Waals surface area contributed by atoms with Crippen LogP contribution >= 0.6 is 0 Å². The van der Waals surface area contributed by atoms with Crippen LogP contribution in [0.4, 0.5) is 5.69 Å². The van der Waals surface area contributed by atoms with Crippen molar-refractivity contribution in [3.05, 3.63) is 65.6 Å². The number of carbonyl (C=O) groups is 1. The van der Waals surface area contributed by atoms with E-state index in [9.17, 15) is 4.79 Å². The highest BCUT2D eigenvalue weighted by Gasteiger charge is 2.24. The Morgan fingerprint density at radius 1 is 1.11 bits per heavy atom. The Morgan fingerprint density at radius 2 is 1.89 bits per heavy atom. The second kappa shape index (κ2) is 4.11. The number of benzene rings is 1. The molecule has 88 valence electrons. The van der Waals surface area contributed by atoms with Crippen molar-refractivity contribution in [2.75, 3.05) is 5.32 Å². The summed E-state index contributed by atoms with van der Waals surface area (Å²) in [7, 11) is 1.96. The summed E-state index contributed by atoms with van der Waals surface area (Å²) in [6.07, 6.45) is 3.83. The quantitative estimate of drug-likeness (QED) is 0.609. The number of nitrogens with one attached hydrogen (secondary N) is 1. The lowest BCUT2D eigenvalue weighted by Crippen LogP contribution is -2.31. The number of pyridine rings is 1. The normalized spacial score (nSPS) is 15.6. The minimum absolute atomic E-state index is 0.0504. The van der Waals surface area contributed by atoms with E-state index in [-0.39, 0.29) is 5.78 Å². The number of allylic oxidation sites excluding steroid dienone is 1. The average molecular weight is 237 g/mol. The Labute approximate surface area is 105 Å². The van der Waals surface area contributed by atoms with Crippen LogP contribution in [-0.2, 0) is 7.05 Å². The zero-order valence-corrected chi connectivity index (χ0v) is 10.1. The second-order valence-electron chi connectivity index (χ2n) is 4.29. The smallest absolute Gasteiger partial charge is 0.211 e. The number of hydrogen-bond donors (Lipinski definition) is 1. The third-order valence-corrected chi connectivity index (χ3v) is 3.07. The molecule has 3 rings (SSSR count). The maximum absolute atomic E-state index is 12.2. The number of para-hydroxylation sites is 1. The SMILES string of the molecule is C[n+]1ccccc1C=C1Nc2ccccc2C1=O. The minimum Gasteiger partial charge on any atom is -0.352 e. The number of rotatable bonds is 1. The summed E-state index contributed by atoms with van der Waals surface area (Å²) < 4.78 is 1.98. The lowest BCUT2D eigenvalue weighted by molar-refractivity contribution is -0.673. The van der Waals surface area contributed by atoms with Gasteiger partial charge in [-0.1, -0.05) is 12.1 Å². The van der Waals surface area contributed by atoms with Gasteiger partial charge in [0.15, 0.2) is 6.20 Å². The van der Waals surface area contributed by atoms with Gasteiger partial charge in [-0.05, 0) is 18.2 Å². The van der Waals surface area contributed by atoms with Crippen LogP contribution in [0.1, 0.15) is 16.1 Å². The van der Waals surface area contributed by atoms with E-state index in [2.05, 4.69) is 5.32 Å². The predicted octanol–water partition coefficient (Wildman–Crippen LogP) is 2.16. The second-order valence-corrected chi connectivity index (χ2v) is 4.29.